The molecule has 3 aromatic heterocycles. The number of carbonyl (C=O) groups is 1. The average molecular weight is 659 g/mol. The molecule has 6 aromatic rings. The van der Waals surface area contributed by atoms with Crippen LogP contribution in [0.4, 0.5) is 5.69 Å². The van der Waals surface area contributed by atoms with Crippen molar-refractivity contribution in [2.24, 2.45) is 7.05 Å². The molecule has 0 saturated carbocycles. The van der Waals surface area contributed by atoms with Gasteiger partial charge in [-0.3, -0.25) is 9.48 Å². The van der Waals surface area contributed by atoms with E-state index in [1.807, 2.05) is 88.9 Å². The van der Waals surface area contributed by atoms with Crippen LogP contribution in [-0.2, 0) is 20.0 Å². The first-order chi connectivity index (χ1) is 22.1. The van der Waals surface area contributed by atoms with Gasteiger partial charge in [0.2, 0.25) is 0 Å². The second kappa shape index (κ2) is 12.9. The molecule has 0 aliphatic heterocycles. The minimum absolute atomic E-state index is 0.500. The van der Waals surface area contributed by atoms with Crippen molar-refractivity contribution < 1.29 is 14.1 Å². The number of benzene rings is 3. The number of rotatable bonds is 11. The van der Waals surface area contributed by atoms with E-state index in [4.69, 9.17) is 32.5 Å². The SMILES string of the molecule is Cc1cc(OCCCc2c(C=O)n(CCN(C)c3ccc4cnoc4c3)c3c(-c4c(C)nn(C)c4C)c(Cl)ccc23)cc(C)c1Cl. The number of anilines is 1. The molecule has 0 N–H and O–H groups in total. The van der Waals surface area contributed by atoms with Crippen molar-refractivity contribution in [1.82, 2.24) is 19.5 Å². The largest absolute Gasteiger partial charge is 0.494 e. The molecule has 0 radical (unpaired) electrons. The third-order valence-corrected chi connectivity index (χ3v) is 9.79. The predicted octanol–water partition coefficient (Wildman–Crippen LogP) is 8.68. The van der Waals surface area contributed by atoms with Crippen molar-refractivity contribution in [3.05, 3.63) is 92.5 Å². The highest BCUT2D eigenvalue weighted by Crippen LogP contribution is 2.42. The number of aromatic nitrogens is 4. The molecule has 0 fully saturated rings. The van der Waals surface area contributed by atoms with E-state index in [-0.39, 0.29) is 0 Å². The van der Waals surface area contributed by atoms with Crippen LogP contribution in [0, 0.1) is 27.7 Å². The highest BCUT2D eigenvalue weighted by Gasteiger charge is 2.25. The number of nitrogens with zero attached hydrogens (tertiary/aromatic N) is 5. The molecule has 6 rings (SSSR count). The van der Waals surface area contributed by atoms with Crippen molar-refractivity contribution in [3.63, 3.8) is 0 Å². The van der Waals surface area contributed by atoms with Crippen LogP contribution in [-0.4, -0.2) is 46.0 Å². The maximum atomic E-state index is 12.9. The van der Waals surface area contributed by atoms with E-state index in [0.717, 1.165) is 90.2 Å². The first-order valence-electron chi connectivity index (χ1n) is 15.3. The monoisotopic (exact) mass is 657 g/mol. The first kappa shape index (κ1) is 31.7. The van der Waals surface area contributed by atoms with Crippen LogP contribution in [0.2, 0.25) is 10.0 Å². The Morgan fingerprint density at radius 2 is 1.78 bits per heavy atom. The molecule has 10 heteroatoms. The van der Waals surface area contributed by atoms with Gasteiger partial charge in [-0.2, -0.15) is 5.10 Å². The standard InChI is InChI=1S/C36H37Cl2N5O3/c1-21-16-27(17-22(2)35(21)38)45-15-7-8-28-29-11-12-30(37)34(33-23(3)40-42(6)24(33)4)36(29)43(31(28)20-44)14-13-41(5)26-10-9-25-19-39-46-32(25)18-26/h9-12,16-20H,7-8,13-15H2,1-6H3. The molecule has 238 valence electrons. The summed E-state index contributed by atoms with van der Waals surface area (Å²) in [5.74, 6) is 0.792. The van der Waals surface area contributed by atoms with Crippen LogP contribution in [0.25, 0.3) is 33.0 Å². The molecular weight excluding hydrogens is 621 g/mol. The summed E-state index contributed by atoms with van der Waals surface area (Å²) < 4.78 is 15.5. The lowest BCUT2D eigenvalue weighted by Crippen LogP contribution is -2.23. The number of aryl methyl sites for hydroxylation is 5. The molecule has 0 spiro atoms. The maximum Gasteiger partial charge on any atom is 0.168 e. The minimum atomic E-state index is 0.500. The number of carbonyl (C=O) groups excluding carboxylic acids is 1. The Morgan fingerprint density at radius 1 is 1.02 bits per heavy atom. The lowest BCUT2D eigenvalue weighted by molar-refractivity contribution is 0.111. The van der Waals surface area contributed by atoms with E-state index >= 15 is 0 Å². The Hall–Kier alpha value is -4.27. The van der Waals surface area contributed by atoms with Crippen LogP contribution in [0.5, 0.6) is 5.75 Å². The van der Waals surface area contributed by atoms with E-state index in [1.54, 1.807) is 6.20 Å². The van der Waals surface area contributed by atoms with Gasteiger partial charge in [-0.05, 0) is 87.6 Å². The van der Waals surface area contributed by atoms with E-state index in [2.05, 4.69) is 19.7 Å². The predicted molar refractivity (Wildman–Crippen MR) is 186 cm³/mol. The van der Waals surface area contributed by atoms with Crippen LogP contribution in [0.15, 0.2) is 53.2 Å². The van der Waals surface area contributed by atoms with Crippen LogP contribution < -0.4 is 9.64 Å². The number of aldehydes is 1. The fourth-order valence-corrected chi connectivity index (χ4v) is 6.76. The summed E-state index contributed by atoms with van der Waals surface area (Å²) in [5, 5.41) is 11.9. The van der Waals surface area contributed by atoms with E-state index in [1.165, 1.54) is 0 Å². The average Bonchev–Trinajstić information content (AvgIpc) is 3.70. The van der Waals surface area contributed by atoms with Crippen molar-refractivity contribution in [2.75, 3.05) is 25.1 Å². The Kier molecular flexibility index (Phi) is 8.86. The minimum Gasteiger partial charge on any atom is -0.494 e. The molecule has 0 saturated heterocycles. The summed E-state index contributed by atoms with van der Waals surface area (Å²) in [4.78, 5) is 15.1. The second-order valence-electron chi connectivity index (χ2n) is 11.9. The van der Waals surface area contributed by atoms with Crippen LogP contribution in [0.1, 0.15) is 45.0 Å². The third-order valence-electron chi connectivity index (χ3n) is 8.88. The highest BCUT2D eigenvalue weighted by atomic mass is 35.5. The number of halogens is 2. The Bertz CT molecular complexity index is 2070. The zero-order chi connectivity index (χ0) is 32.7. The number of fused-ring (bicyclic) bond motifs is 2. The van der Waals surface area contributed by atoms with Gasteiger partial charge in [0.1, 0.15) is 5.75 Å². The summed E-state index contributed by atoms with van der Waals surface area (Å²) in [6.07, 6.45) is 4.07. The molecule has 0 aliphatic carbocycles. The van der Waals surface area contributed by atoms with Crippen LogP contribution in [0.3, 0.4) is 0 Å². The van der Waals surface area contributed by atoms with Gasteiger partial charge in [-0.25, -0.2) is 0 Å². The maximum absolute atomic E-state index is 12.9. The zero-order valence-corrected chi connectivity index (χ0v) is 28.5. The fraction of sp³-hybridized carbons (Fsp3) is 0.306. The first-order valence-corrected chi connectivity index (χ1v) is 16.1. The lowest BCUT2D eigenvalue weighted by atomic mass is 9.98. The number of hydrogen-bond acceptors (Lipinski definition) is 6. The van der Waals surface area contributed by atoms with Crippen molar-refractivity contribution in [1.29, 1.82) is 0 Å². The van der Waals surface area contributed by atoms with Gasteiger partial charge < -0.3 is 18.7 Å². The summed E-state index contributed by atoms with van der Waals surface area (Å²) in [5.41, 5.74) is 10.0. The normalized spacial score (nSPS) is 11.6. The topological polar surface area (TPSA) is 78.3 Å². The molecule has 0 bridgehead atoms. The molecule has 46 heavy (non-hydrogen) atoms. The Morgan fingerprint density at radius 3 is 2.48 bits per heavy atom. The molecule has 3 heterocycles. The van der Waals surface area contributed by atoms with Gasteiger partial charge in [0.25, 0.3) is 0 Å². The molecule has 0 atom stereocenters. The van der Waals surface area contributed by atoms with E-state index in [0.29, 0.717) is 36.8 Å². The summed E-state index contributed by atoms with van der Waals surface area (Å²) >= 11 is 13.4. The third kappa shape index (κ3) is 5.76. The molecule has 3 aromatic carbocycles. The summed E-state index contributed by atoms with van der Waals surface area (Å²) in [6.45, 7) is 9.69. The smallest absolute Gasteiger partial charge is 0.168 e. The van der Waals surface area contributed by atoms with Crippen molar-refractivity contribution in [2.45, 2.75) is 47.1 Å². The van der Waals surface area contributed by atoms with Gasteiger partial charge in [-0.1, -0.05) is 34.4 Å². The summed E-state index contributed by atoms with van der Waals surface area (Å²) in [6, 6.07) is 13.9. The van der Waals surface area contributed by atoms with Crippen molar-refractivity contribution >= 4 is 57.0 Å². The summed E-state index contributed by atoms with van der Waals surface area (Å²) in [7, 11) is 3.97. The number of likely N-dealkylation sites (N-methyl/N-ethyl adjacent to an activating group) is 1. The van der Waals surface area contributed by atoms with Gasteiger partial charge >= 0.3 is 0 Å². The molecular formula is C36H37Cl2N5O3. The van der Waals surface area contributed by atoms with E-state index < -0.39 is 0 Å². The van der Waals surface area contributed by atoms with Gasteiger partial charge in [0.15, 0.2) is 11.9 Å². The van der Waals surface area contributed by atoms with E-state index in [9.17, 15) is 4.79 Å². The molecule has 0 amide bonds. The highest BCUT2D eigenvalue weighted by molar-refractivity contribution is 6.35. The fourth-order valence-electron chi connectivity index (χ4n) is 6.41. The zero-order valence-electron chi connectivity index (χ0n) is 26.9. The molecule has 8 nitrogen and oxygen atoms in total. The van der Waals surface area contributed by atoms with Crippen molar-refractivity contribution in [3.8, 4) is 16.9 Å². The molecule has 0 aliphatic rings. The Labute approximate surface area is 278 Å². The van der Waals surface area contributed by atoms with Gasteiger partial charge in [0.05, 0.1) is 34.7 Å². The van der Waals surface area contributed by atoms with Crippen LogP contribution >= 0.6 is 23.2 Å². The molecule has 0 unspecified atom stereocenters. The van der Waals surface area contributed by atoms with Gasteiger partial charge in [-0.15, -0.1) is 0 Å². The lowest BCUT2D eigenvalue weighted by Gasteiger charge is -2.21. The Balaban J connectivity index is 1.38. The number of ether oxygens (including phenoxy) is 1. The van der Waals surface area contributed by atoms with Gasteiger partial charge in [0, 0.05) is 71.6 Å². The quantitative estimate of drug-likeness (QED) is 0.102. The number of hydrogen-bond donors (Lipinski definition) is 0. The second-order valence-corrected chi connectivity index (χ2v) is 12.7.